The van der Waals surface area contributed by atoms with Gasteiger partial charge in [-0.25, -0.2) is 9.71 Å². The minimum Gasteiger partial charge on any atom is -0.383 e. The number of methoxy groups -OCH3 is 1. The molecule has 0 unspecified atom stereocenters. The van der Waals surface area contributed by atoms with E-state index in [9.17, 15) is 13.2 Å². The molecular weight excluding hydrogens is 266 g/mol. The van der Waals surface area contributed by atoms with Crippen molar-refractivity contribution in [1.29, 1.82) is 0 Å². The van der Waals surface area contributed by atoms with Crippen molar-refractivity contribution in [2.24, 2.45) is 0 Å². The van der Waals surface area contributed by atoms with Gasteiger partial charge >= 0.3 is 10.2 Å². The number of anilines is 1. The summed E-state index contributed by atoms with van der Waals surface area (Å²) in [6.07, 6.45) is 0. The fourth-order valence-corrected chi connectivity index (χ4v) is 2.73. The molecule has 96 valence electrons. The highest BCUT2D eigenvalue weighted by Gasteiger charge is 2.13. The van der Waals surface area contributed by atoms with Crippen molar-refractivity contribution in [3.05, 3.63) is 11.1 Å². The molecule has 0 fully saturated rings. The molecule has 7 nitrogen and oxygen atoms in total. The monoisotopic (exact) mass is 279 g/mol. The van der Waals surface area contributed by atoms with E-state index >= 15 is 0 Å². The molecule has 0 saturated carbocycles. The lowest BCUT2D eigenvalue weighted by Gasteiger charge is -2.05. The van der Waals surface area contributed by atoms with Crippen LogP contribution in [0.2, 0.25) is 0 Å². The number of carbonyl (C=O) groups excluding carboxylic acids is 1. The molecule has 0 radical (unpaired) electrons. The lowest BCUT2D eigenvalue weighted by atomic mass is 10.4. The molecule has 9 heteroatoms. The summed E-state index contributed by atoms with van der Waals surface area (Å²) in [6, 6.07) is 0. The number of ether oxygens (including phenoxy) is 1. The lowest BCUT2D eigenvalue weighted by Crippen LogP contribution is -2.32. The number of hydrogen-bond donors (Lipinski definition) is 2. The number of thiazole rings is 1. The molecule has 0 aliphatic heterocycles. The molecule has 0 saturated heterocycles. The molecule has 0 atom stereocenters. The van der Waals surface area contributed by atoms with Crippen molar-refractivity contribution >= 4 is 32.5 Å². The maximum Gasteiger partial charge on any atom is 0.300 e. The third-order valence-electron chi connectivity index (χ3n) is 1.68. The minimum atomic E-state index is -3.66. The molecule has 1 heterocycles. The summed E-state index contributed by atoms with van der Waals surface area (Å²) < 4.78 is 32.1. The Labute approximate surface area is 103 Å². The van der Waals surface area contributed by atoms with Gasteiger partial charge in [0.15, 0.2) is 10.9 Å². The van der Waals surface area contributed by atoms with Crippen LogP contribution >= 0.6 is 11.3 Å². The third kappa shape index (κ3) is 4.77. The molecule has 0 amide bonds. The number of hydrogen-bond acceptors (Lipinski definition) is 6. The Bertz CT molecular complexity index is 483. The molecule has 0 aliphatic rings. The van der Waals surface area contributed by atoms with Crippen LogP contribution in [0.25, 0.3) is 0 Å². The van der Waals surface area contributed by atoms with Crippen LogP contribution in [0.3, 0.4) is 0 Å². The predicted molar refractivity (Wildman–Crippen MR) is 64.5 cm³/mol. The Morgan fingerprint density at radius 2 is 2.29 bits per heavy atom. The summed E-state index contributed by atoms with van der Waals surface area (Å²) in [6.45, 7) is 1.80. The number of nitrogens with one attached hydrogen (secondary N) is 2. The van der Waals surface area contributed by atoms with Crippen LogP contribution < -0.4 is 9.44 Å². The van der Waals surface area contributed by atoms with Gasteiger partial charge < -0.3 is 4.74 Å². The van der Waals surface area contributed by atoms with Gasteiger partial charge in [0, 0.05) is 26.0 Å². The van der Waals surface area contributed by atoms with E-state index in [1.54, 1.807) is 0 Å². The van der Waals surface area contributed by atoms with Crippen molar-refractivity contribution in [2.45, 2.75) is 6.92 Å². The van der Waals surface area contributed by atoms with Gasteiger partial charge in [-0.3, -0.25) is 4.79 Å². The van der Waals surface area contributed by atoms with Crippen LogP contribution in [0.5, 0.6) is 0 Å². The Balaban J connectivity index is 2.60. The molecule has 1 rings (SSSR count). The summed E-state index contributed by atoms with van der Waals surface area (Å²) in [5.41, 5.74) is 0.240. The first-order chi connectivity index (χ1) is 7.94. The van der Waals surface area contributed by atoms with E-state index in [0.29, 0.717) is 0 Å². The average molecular weight is 279 g/mol. The van der Waals surface area contributed by atoms with E-state index in [-0.39, 0.29) is 29.8 Å². The van der Waals surface area contributed by atoms with Crippen LogP contribution in [0.15, 0.2) is 5.38 Å². The van der Waals surface area contributed by atoms with Crippen LogP contribution in [0, 0.1) is 0 Å². The van der Waals surface area contributed by atoms with E-state index in [1.165, 1.54) is 19.4 Å². The van der Waals surface area contributed by atoms with Crippen molar-refractivity contribution in [2.75, 3.05) is 25.0 Å². The maximum absolute atomic E-state index is 11.5. The SMILES string of the molecule is COCCNS(=O)(=O)Nc1nc(C(C)=O)cs1. The molecule has 0 spiro atoms. The highest BCUT2D eigenvalue weighted by atomic mass is 32.2. The largest absolute Gasteiger partial charge is 0.383 e. The van der Waals surface area contributed by atoms with E-state index in [4.69, 9.17) is 4.74 Å². The Kier molecular flexibility index (Phi) is 5.00. The molecule has 0 aliphatic carbocycles. The second-order valence-corrected chi connectivity index (χ2v) is 5.44. The number of carbonyl (C=O) groups is 1. The maximum atomic E-state index is 11.5. The van der Waals surface area contributed by atoms with E-state index in [0.717, 1.165) is 11.3 Å². The lowest BCUT2D eigenvalue weighted by molar-refractivity contribution is 0.101. The molecule has 17 heavy (non-hydrogen) atoms. The van der Waals surface area contributed by atoms with Crippen molar-refractivity contribution in [3.8, 4) is 0 Å². The molecule has 1 aromatic heterocycles. The van der Waals surface area contributed by atoms with Gasteiger partial charge in [-0.1, -0.05) is 0 Å². The Hall–Kier alpha value is -1.03. The Morgan fingerprint density at radius 1 is 1.59 bits per heavy atom. The third-order valence-corrected chi connectivity index (χ3v) is 3.62. The normalized spacial score (nSPS) is 11.4. The van der Waals surface area contributed by atoms with Crippen molar-refractivity contribution < 1.29 is 17.9 Å². The first-order valence-electron chi connectivity index (χ1n) is 4.67. The molecule has 1 aromatic rings. The number of ketones is 1. The Morgan fingerprint density at radius 3 is 2.82 bits per heavy atom. The van der Waals surface area contributed by atoms with Gasteiger partial charge in [0.1, 0.15) is 5.69 Å². The van der Waals surface area contributed by atoms with E-state index < -0.39 is 10.2 Å². The van der Waals surface area contributed by atoms with Gasteiger partial charge in [0.05, 0.1) is 6.61 Å². The topological polar surface area (TPSA) is 97.4 Å². The molecular formula is C8H13N3O4S2. The van der Waals surface area contributed by atoms with Crippen LogP contribution in [0.1, 0.15) is 17.4 Å². The molecule has 0 aromatic carbocycles. The standard InChI is InChI=1S/C8H13N3O4S2/c1-6(12)7-5-16-8(10-7)11-17(13,14)9-3-4-15-2/h5,9H,3-4H2,1-2H3,(H,10,11). The van der Waals surface area contributed by atoms with Crippen LogP contribution in [-0.2, 0) is 14.9 Å². The second-order valence-electron chi connectivity index (χ2n) is 3.09. The van der Waals surface area contributed by atoms with Crippen molar-refractivity contribution in [3.63, 3.8) is 0 Å². The number of rotatable bonds is 7. The zero-order valence-electron chi connectivity index (χ0n) is 9.39. The molecule has 2 N–H and O–H groups in total. The van der Waals surface area contributed by atoms with Gasteiger partial charge in [-0.05, 0) is 0 Å². The summed E-state index contributed by atoms with van der Waals surface area (Å²) >= 11 is 1.05. The van der Waals surface area contributed by atoms with Gasteiger partial charge in [0.25, 0.3) is 0 Å². The predicted octanol–water partition coefficient (Wildman–Crippen LogP) is 0.238. The fourth-order valence-electron chi connectivity index (χ4n) is 0.911. The molecule has 0 bridgehead atoms. The number of nitrogens with zero attached hydrogens (tertiary/aromatic N) is 1. The first-order valence-corrected chi connectivity index (χ1v) is 7.03. The summed E-state index contributed by atoms with van der Waals surface area (Å²) in [4.78, 5) is 14.8. The van der Waals surface area contributed by atoms with Gasteiger partial charge in [0.2, 0.25) is 0 Å². The summed E-state index contributed by atoms with van der Waals surface area (Å²) in [7, 11) is -2.19. The van der Waals surface area contributed by atoms with Gasteiger partial charge in [-0.2, -0.15) is 13.1 Å². The zero-order valence-corrected chi connectivity index (χ0v) is 11.0. The minimum absolute atomic E-state index is 0.153. The van der Waals surface area contributed by atoms with E-state index in [2.05, 4.69) is 14.4 Å². The average Bonchev–Trinajstić information content (AvgIpc) is 2.65. The summed E-state index contributed by atoms with van der Waals surface area (Å²) in [5.74, 6) is -0.209. The smallest absolute Gasteiger partial charge is 0.300 e. The van der Waals surface area contributed by atoms with Crippen molar-refractivity contribution in [1.82, 2.24) is 9.71 Å². The fraction of sp³-hybridized carbons (Fsp3) is 0.500. The second kappa shape index (κ2) is 6.05. The summed E-state index contributed by atoms with van der Waals surface area (Å²) in [5, 5.41) is 1.65. The highest BCUT2D eigenvalue weighted by Crippen LogP contribution is 2.16. The highest BCUT2D eigenvalue weighted by molar-refractivity contribution is 7.91. The van der Waals surface area contributed by atoms with Gasteiger partial charge in [-0.15, -0.1) is 11.3 Å². The quantitative estimate of drug-likeness (QED) is 0.550. The number of Topliss-reactive ketones (excluding diaryl/α,β-unsaturated/α-hetero) is 1. The van der Waals surface area contributed by atoms with Crippen LogP contribution in [0.4, 0.5) is 5.13 Å². The van der Waals surface area contributed by atoms with E-state index in [1.807, 2.05) is 0 Å². The first kappa shape index (κ1) is 14.0. The number of aromatic nitrogens is 1. The zero-order chi connectivity index (χ0) is 12.9. The van der Waals surface area contributed by atoms with Crippen LogP contribution in [-0.4, -0.2) is 39.4 Å².